The van der Waals surface area contributed by atoms with Crippen molar-refractivity contribution in [1.29, 1.82) is 0 Å². The van der Waals surface area contributed by atoms with Gasteiger partial charge in [0.15, 0.2) is 0 Å². The van der Waals surface area contributed by atoms with Gasteiger partial charge in [0.2, 0.25) is 0 Å². The van der Waals surface area contributed by atoms with Gasteiger partial charge in [0, 0.05) is 6.42 Å². The monoisotopic (exact) mass is 433 g/mol. The third-order valence-electron chi connectivity index (χ3n) is 6.91. The van der Waals surface area contributed by atoms with Crippen molar-refractivity contribution in [2.45, 2.75) is 169 Å². The van der Waals surface area contributed by atoms with Crippen LogP contribution in [0.5, 0.6) is 0 Å². The van der Waals surface area contributed by atoms with Crippen LogP contribution in [-0.4, -0.2) is 4.57 Å². The van der Waals surface area contributed by atoms with E-state index in [0.717, 1.165) is 6.42 Å². The summed E-state index contributed by atoms with van der Waals surface area (Å²) in [5.74, 6) is 1.53. The average Bonchev–Trinajstić information content (AvgIpc) is 3.18. The van der Waals surface area contributed by atoms with E-state index in [4.69, 9.17) is 0 Å². The molecule has 0 unspecified atom stereocenters. The summed E-state index contributed by atoms with van der Waals surface area (Å²) < 4.78 is 5.03. The van der Waals surface area contributed by atoms with Gasteiger partial charge in [-0.25, -0.2) is 9.13 Å². The molecule has 2 nitrogen and oxygen atoms in total. The molecule has 0 aliphatic heterocycles. The van der Waals surface area contributed by atoms with Crippen molar-refractivity contribution in [3.63, 3.8) is 0 Å². The van der Waals surface area contributed by atoms with Gasteiger partial charge in [-0.1, -0.05) is 124 Å². The number of unbranched alkanes of at least 4 members (excludes halogenated alkanes) is 18. The molecule has 0 aromatic carbocycles. The molecule has 0 bridgehead atoms. The Balaban J connectivity index is 1.97. The van der Waals surface area contributed by atoms with Crippen LogP contribution in [0.25, 0.3) is 0 Å². The minimum Gasteiger partial charge on any atom is -0.234 e. The van der Waals surface area contributed by atoms with Gasteiger partial charge in [-0.3, -0.25) is 0 Å². The molecule has 0 aliphatic carbocycles. The van der Waals surface area contributed by atoms with Gasteiger partial charge in [0.25, 0.3) is 5.82 Å². The summed E-state index contributed by atoms with van der Waals surface area (Å²) in [5, 5.41) is 0. The highest BCUT2D eigenvalue weighted by Gasteiger charge is 2.14. The Hall–Kier alpha value is -0.790. The maximum Gasteiger partial charge on any atom is 0.256 e. The van der Waals surface area contributed by atoms with Crippen LogP contribution in [0.4, 0.5) is 0 Å². The van der Waals surface area contributed by atoms with E-state index in [2.05, 4.69) is 42.3 Å². The van der Waals surface area contributed by atoms with Gasteiger partial charge in [-0.15, -0.1) is 0 Å². The largest absolute Gasteiger partial charge is 0.256 e. The number of nitrogens with zero attached hydrogens (tertiary/aromatic N) is 2. The Morgan fingerprint density at radius 3 is 1.42 bits per heavy atom. The van der Waals surface area contributed by atoms with E-state index in [1.807, 2.05) is 0 Å². The molecule has 31 heavy (non-hydrogen) atoms. The molecule has 0 radical (unpaired) electrons. The Morgan fingerprint density at radius 1 is 0.548 bits per heavy atom. The summed E-state index contributed by atoms with van der Waals surface area (Å²) in [6.07, 6.45) is 34.3. The van der Waals surface area contributed by atoms with Gasteiger partial charge in [0.05, 0.1) is 13.1 Å². The number of imidazole rings is 1. The van der Waals surface area contributed by atoms with Crippen molar-refractivity contribution in [2.24, 2.45) is 0 Å². The molecule has 1 aromatic rings. The Labute approximate surface area is 196 Å². The Morgan fingerprint density at radius 2 is 0.968 bits per heavy atom. The highest BCUT2D eigenvalue weighted by Crippen LogP contribution is 2.14. The second-order valence-electron chi connectivity index (χ2n) is 9.82. The minimum absolute atomic E-state index is 1.15. The van der Waals surface area contributed by atoms with Crippen LogP contribution in [0, 0.1) is 0 Å². The van der Waals surface area contributed by atoms with Crippen molar-refractivity contribution in [3.05, 3.63) is 18.2 Å². The molecule has 1 rings (SSSR count). The SMILES string of the molecule is CCCCCCCCCCCCCCCCCn1cc[n+](CCCCCCC)c1CC. The van der Waals surface area contributed by atoms with Gasteiger partial charge >= 0.3 is 0 Å². The first kappa shape index (κ1) is 28.2. The van der Waals surface area contributed by atoms with Crippen LogP contribution < -0.4 is 4.57 Å². The van der Waals surface area contributed by atoms with Crippen molar-refractivity contribution in [3.8, 4) is 0 Å². The second kappa shape index (κ2) is 21.1. The average molecular weight is 434 g/mol. The maximum absolute atomic E-state index is 2.52. The summed E-state index contributed by atoms with van der Waals surface area (Å²) >= 11 is 0. The zero-order valence-corrected chi connectivity index (χ0v) is 21.8. The smallest absolute Gasteiger partial charge is 0.234 e. The van der Waals surface area contributed by atoms with E-state index in [1.165, 1.54) is 147 Å². The molecule has 0 spiro atoms. The topological polar surface area (TPSA) is 8.81 Å². The summed E-state index contributed by atoms with van der Waals surface area (Å²) in [5.41, 5.74) is 0. The third-order valence-corrected chi connectivity index (χ3v) is 6.91. The summed E-state index contributed by atoms with van der Waals surface area (Å²) in [7, 11) is 0. The van der Waals surface area contributed by atoms with Crippen LogP contribution in [0.3, 0.4) is 0 Å². The molecule has 0 N–H and O–H groups in total. The third kappa shape index (κ3) is 14.8. The number of aromatic nitrogens is 2. The molecular weight excluding hydrogens is 376 g/mol. The fourth-order valence-electron chi connectivity index (χ4n) is 4.85. The fourth-order valence-corrected chi connectivity index (χ4v) is 4.85. The Kier molecular flexibility index (Phi) is 19.2. The molecule has 0 aliphatic rings. The lowest BCUT2D eigenvalue weighted by molar-refractivity contribution is -0.704. The minimum atomic E-state index is 1.15. The first-order chi connectivity index (χ1) is 15.3. The van der Waals surface area contributed by atoms with Crippen molar-refractivity contribution >= 4 is 0 Å². The maximum atomic E-state index is 2.52. The number of hydrogen-bond donors (Lipinski definition) is 0. The van der Waals surface area contributed by atoms with E-state index in [0.29, 0.717) is 0 Å². The standard InChI is InChI=1S/C29H57N2/c1-4-7-9-11-12-13-14-15-16-17-18-19-20-22-24-26-31-28-27-30(29(31)6-3)25-23-21-10-8-5-2/h27-28H,4-26H2,1-3H3/q+1. The highest BCUT2D eigenvalue weighted by molar-refractivity contribution is 4.83. The first-order valence-electron chi connectivity index (χ1n) is 14.4. The molecule has 0 atom stereocenters. The zero-order valence-electron chi connectivity index (χ0n) is 21.8. The predicted octanol–water partition coefficient (Wildman–Crippen LogP) is 9.18. The molecule has 182 valence electrons. The van der Waals surface area contributed by atoms with Crippen molar-refractivity contribution in [2.75, 3.05) is 0 Å². The van der Waals surface area contributed by atoms with Crippen LogP contribution in [0.2, 0.25) is 0 Å². The molecular formula is C29H57N2+. The lowest BCUT2D eigenvalue weighted by atomic mass is 10.0. The number of rotatable bonds is 23. The quantitative estimate of drug-likeness (QED) is 0.120. The number of aryl methyl sites for hydroxylation is 2. The van der Waals surface area contributed by atoms with E-state index < -0.39 is 0 Å². The lowest BCUT2D eigenvalue weighted by Gasteiger charge is -2.05. The second-order valence-corrected chi connectivity index (χ2v) is 9.82. The van der Waals surface area contributed by atoms with Gasteiger partial charge in [-0.05, 0) is 25.7 Å². The summed E-state index contributed by atoms with van der Waals surface area (Å²) in [6.45, 7) is 9.33. The zero-order chi connectivity index (χ0) is 22.4. The molecule has 0 saturated carbocycles. The molecule has 0 amide bonds. The van der Waals surface area contributed by atoms with Crippen molar-refractivity contribution < 1.29 is 4.57 Å². The van der Waals surface area contributed by atoms with E-state index >= 15 is 0 Å². The summed E-state index contributed by atoms with van der Waals surface area (Å²) in [6, 6.07) is 0. The van der Waals surface area contributed by atoms with E-state index in [1.54, 1.807) is 0 Å². The number of hydrogen-bond acceptors (Lipinski definition) is 0. The highest BCUT2D eigenvalue weighted by atomic mass is 15.1. The van der Waals surface area contributed by atoms with E-state index in [9.17, 15) is 0 Å². The molecule has 2 heteroatoms. The molecule has 0 saturated heterocycles. The summed E-state index contributed by atoms with van der Waals surface area (Å²) in [4.78, 5) is 0. The van der Waals surface area contributed by atoms with Crippen LogP contribution >= 0.6 is 0 Å². The van der Waals surface area contributed by atoms with Crippen LogP contribution in [0.1, 0.15) is 155 Å². The Bertz CT molecular complexity index is 491. The molecule has 1 heterocycles. The van der Waals surface area contributed by atoms with Gasteiger partial charge in [0.1, 0.15) is 12.4 Å². The molecule has 0 fully saturated rings. The van der Waals surface area contributed by atoms with Gasteiger partial charge in [-0.2, -0.15) is 0 Å². The normalized spacial score (nSPS) is 11.5. The van der Waals surface area contributed by atoms with E-state index in [-0.39, 0.29) is 0 Å². The van der Waals surface area contributed by atoms with Crippen LogP contribution in [0.15, 0.2) is 12.4 Å². The van der Waals surface area contributed by atoms with Crippen molar-refractivity contribution in [1.82, 2.24) is 4.57 Å². The lowest BCUT2D eigenvalue weighted by Crippen LogP contribution is -2.37. The van der Waals surface area contributed by atoms with Crippen LogP contribution in [-0.2, 0) is 19.5 Å². The fraction of sp³-hybridized carbons (Fsp3) is 0.897. The van der Waals surface area contributed by atoms with Gasteiger partial charge < -0.3 is 0 Å². The predicted molar refractivity (Wildman–Crippen MR) is 138 cm³/mol. The molecule has 1 aromatic heterocycles. The first-order valence-corrected chi connectivity index (χ1v) is 14.4.